The fourth-order valence-electron chi connectivity index (χ4n) is 3.70. The smallest absolute Gasteiger partial charge is 0.305 e. The Morgan fingerprint density at radius 3 is 2.19 bits per heavy atom. The van der Waals surface area contributed by atoms with Crippen molar-refractivity contribution in [1.29, 1.82) is 5.26 Å². The Kier molecular flexibility index (Phi) is 16.6. The molecule has 0 aromatic carbocycles. The van der Waals surface area contributed by atoms with E-state index < -0.39 is 4.75 Å². The molecule has 0 radical (unpaired) electrons. The van der Waals surface area contributed by atoms with E-state index >= 15 is 0 Å². The van der Waals surface area contributed by atoms with Crippen molar-refractivity contribution in [2.75, 3.05) is 6.61 Å². The van der Waals surface area contributed by atoms with Crippen LogP contribution in [0.15, 0.2) is 23.8 Å². The van der Waals surface area contributed by atoms with Crippen LogP contribution in [0.2, 0.25) is 0 Å². The minimum Gasteiger partial charge on any atom is -0.466 e. The summed E-state index contributed by atoms with van der Waals surface area (Å²) < 4.78 is 5.40. The average molecular weight is 478 g/mol. The SMILES string of the molecule is CCCCCCCCCCCCCCOC(=O)CCC(C)(C#N)SC(=S)C1=CCCC=C1. The Morgan fingerprint density at radius 1 is 1.06 bits per heavy atom. The van der Waals surface area contributed by atoms with Gasteiger partial charge in [-0.1, -0.05) is 120 Å². The van der Waals surface area contributed by atoms with E-state index in [4.69, 9.17) is 17.0 Å². The fourth-order valence-corrected chi connectivity index (χ4v) is 5.33. The highest BCUT2D eigenvalue weighted by Gasteiger charge is 2.28. The Bertz CT molecular complexity index is 651. The molecule has 180 valence electrons. The molecule has 0 fully saturated rings. The van der Waals surface area contributed by atoms with Gasteiger partial charge in [0.15, 0.2) is 0 Å². The molecular formula is C27H43NO2S2. The molecule has 3 nitrogen and oxygen atoms in total. The van der Waals surface area contributed by atoms with E-state index in [2.05, 4.69) is 25.1 Å². The maximum absolute atomic E-state index is 12.1. The van der Waals surface area contributed by atoms with Crippen LogP contribution in [0.25, 0.3) is 0 Å². The van der Waals surface area contributed by atoms with Gasteiger partial charge >= 0.3 is 5.97 Å². The lowest BCUT2D eigenvalue weighted by molar-refractivity contribution is -0.143. The van der Waals surface area contributed by atoms with Crippen molar-refractivity contribution in [2.24, 2.45) is 0 Å². The van der Waals surface area contributed by atoms with E-state index in [0.717, 1.165) is 35.5 Å². The topological polar surface area (TPSA) is 50.1 Å². The highest BCUT2D eigenvalue weighted by molar-refractivity contribution is 8.24. The Hall–Kier alpha value is -1.12. The molecule has 0 saturated heterocycles. The van der Waals surface area contributed by atoms with Gasteiger partial charge in [-0.3, -0.25) is 4.79 Å². The summed E-state index contributed by atoms with van der Waals surface area (Å²) in [5.41, 5.74) is 1.02. The zero-order chi connectivity index (χ0) is 23.5. The van der Waals surface area contributed by atoms with Gasteiger partial charge in [-0.2, -0.15) is 5.26 Å². The summed E-state index contributed by atoms with van der Waals surface area (Å²) in [5, 5.41) is 9.62. The summed E-state index contributed by atoms with van der Waals surface area (Å²) in [6, 6.07) is 2.34. The number of hydrogen-bond acceptors (Lipinski definition) is 5. The van der Waals surface area contributed by atoms with E-state index in [9.17, 15) is 10.1 Å². The van der Waals surface area contributed by atoms with Crippen molar-refractivity contribution in [3.8, 4) is 6.07 Å². The van der Waals surface area contributed by atoms with Crippen LogP contribution in [0.4, 0.5) is 0 Å². The van der Waals surface area contributed by atoms with Crippen molar-refractivity contribution in [2.45, 2.75) is 121 Å². The van der Waals surface area contributed by atoms with Gasteiger partial charge in [0.1, 0.15) is 4.75 Å². The standard InChI is InChI=1S/C27H43NO2S2/c1-3-4-5-6-7-8-9-10-11-12-13-17-22-30-25(29)20-21-27(2,23-28)32-26(31)24-18-15-14-16-19-24/h15,18-19H,3-14,16-17,20-22H2,1-2H3. The number of carbonyl (C=O) groups is 1. The number of ether oxygens (including phenoxy) is 1. The summed E-state index contributed by atoms with van der Waals surface area (Å²) in [5.74, 6) is -0.210. The minimum atomic E-state index is -0.710. The molecule has 32 heavy (non-hydrogen) atoms. The molecule has 0 aromatic heterocycles. The highest BCUT2D eigenvalue weighted by atomic mass is 32.2. The number of rotatable bonds is 18. The number of unbranched alkanes of at least 4 members (excludes halogenated alkanes) is 11. The van der Waals surface area contributed by atoms with Gasteiger partial charge in [0.05, 0.1) is 16.9 Å². The Balaban J connectivity index is 2.05. The van der Waals surface area contributed by atoms with Gasteiger partial charge < -0.3 is 4.74 Å². The third-order valence-corrected chi connectivity index (χ3v) is 7.51. The van der Waals surface area contributed by atoms with Crippen molar-refractivity contribution in [3.63, 3.8) is 0 Å². The molecule has 0 N–H and O–H groups in total. The lowest BCUT2D eigenvalue weighted by Crippen LogP contribution is -2.22. The third kappa shape index (κ3) is 14.1. The van der Waals surface area contributed by atoms with E-state index in [1.165, 1.54) is 76.0 Å². The van der Waals surface area contributed by atoms with Crippen LogP contribution in [-0.4, -0.2) is 21.5 Å². The Labute approximate surface area is 206 Å². The van der Waals surface area contributed by atoms with Crippen LogP contribution in [0.1, 0.15) is 117 Å². The van der Waals surface area contributed by atoms with Gasteiger partial charge in [-0.05, 0) is 38.2 Å². The van der Waals surface area contributed by atoms with Crippen molar-refractivity contribution < 1.29 is 9.53 Å². The molecule has 1 aliphatic carbocycles. The average Bonchev–Trinajstić information content (AvgIpc) is 2.81. The molecule has 0 bridgehead atoms. The van der Waals surface area contributed by atoms with Crippen LogP contribution in [0, 0.1) is 11.3 Å². The Morgan fingerprint density at radius 2 is 1.66 bits per heavy atom. The largest absolute Gasteiger partial charge is 0.466 e. The minimum absolute atomic E-state index is 0.210. The van der Waals surface area contributed by atoms with E-state index in [0.29, 0.717) is 13.0 Å². The number of carbonyl (C=O) groups excluding carboxylic acids is 1. The van der Waals surface area contributed by atoms with E-state index in [-0.39, 0.29) is 12.4 Å². The van der Waals surface area contributed by atoms with Crippen LogP contribution in [-0.2, 0) is 9.53 Å². The fraction of sp³-hybridized carbons (Fsp3) is 0.741. The molecule has 1 aliphatic rings. The quantitative estimate of drug-likeness (QED) is 0.112. The number of hydrogen-bond donors (Lipinski definition) is 0. The lowest BCUT2D eigenvalue weighted by Gasteiger charge is -2.21. The summed E-state index contributed by atoms with van der Waals surface area (Å²) >= 11 is 6.90. The molecular weight excluding hydrogens is 434 g/mol. The molecule has 0 saturated carbocycles. The molecule has 0 spiro atoms. The van der Waals surface area contributed by atoms with Crippen LogP contribution < -0.4 is 0 Å². The molecule has 1 atom stereocenters. The number of nitrogens with zero attached hydrogens (tertiary/aromatic N) is 1. The lowest BCUT2D eigenvalue weighted by atomic mass is 10.1. The zero-order valence-electron chi connectivity index (χ0n) is 20.3. The summed E-state index contributed by atoms with van der Waals surface area (Å²) in [6.45, 7) is 4.61. The second-order valence-corrected chi connectivity index (χ2v) is 11.2. The van der Waals surface area contributed by atoms with Gasteiger partial charge in [0.2, 0.25) is 0 Å². The predicted molar refractivity (Wildman–Crippen MR) is 142 cm³/mol. The van der Waals surface area contributed by atoms with E-state index in [1.54, 1.807) is 0 Å². The number of allylic oxidation sites excluding steroid dienone is 3. The molecule has 5 heteroatoms. The van der Waals surface area contributed by atoms with Gasteiger partial charge in [-0.15, -0.1) is 0 Å². The van der Waals surface area contributed by atoms with Crippen LogP contribution >= 0.6 is 24.0 Å². The molecule has 0 heterocycles. The number of esters is 1. The summed E-state index contributed by atoms with van der Waals surface area (Å²) in [7, 11) is 0. The highest BCUT2D eigenvalue weighted by Crippen LogP contribution is 2.34. The predicted octanol–water partition coefficient (Wildman–Crippen LogP) is 8.63. The third-order valence-electron chi connectivity index (χ3n) is 5.85. The van der Waals surface area contributed by atoms with Gasteiger partial charge in [-0.25, -0.2) is 0 Å². The first-order valence-electron chi connectivity index (χ1n) is 12.7. The van der Waals surface area contributed by atoms with Gasteiger partial charge in [0.25, 0.3) is 0 Å². The second-order valence-electron chi connectivity index (χ2n) is 8.98. The van der Waals surface area contributed by atoms with Crippen molar-refractivity contribution in [3.05, 3.63) is 23.8 Å². The first kappa shape index (κ1) is 28.9. The first-order valence-corrected chi connectivity index (χ1v) is 13.9. The summed E-state index contributed by atoms with van der Waals surface area (Å²) in [6.07, 6.45) is 24.5. The second kappa shape index (κ2) is 18.3. The normalized spacial score (nSPS) is 15.0. The first-order chi connectivity index (χ1) is 15.5. The molecule has 1 rings (SSSR count). The number of thiocarbonyl (C=S) groups is 1. The van der Waals surface area contributed by atoms with E-state index in [1.807, 2.05) is 13.0 Å². The monoisotopic (exact) mass is 477 g/mol. The maximum atomic E-state index is 12.1. The van der Waals surface area contributed by atoms with Crippen molar-refractivity contribution >= 4 is 34.1 Å². The molecule has 1 unspecified atom stereocenters. The van der Waals surface area contributed by atoms with Gasteiger partial charge in [0, 0.05) is 6.42 Å². The summed E-state index contributed by atoms with van der Waals surface area (Å²) in [4.78, 5) is 12.1. The maximum Gasteiger partial charge on any atom is 0.305 e. The van der Waals surface area contributed by atoms with Crippen LogP contribution in [0.3, 0.4) is 0 Å². The van der Waals surface area contributed by atoms with Crippen LogP contribution in [0.5, 0.6) is 0 Å². The molecule has 0 aliphatic heterocycles. The molecule has 0 aromatic rings. The number of thioether (sulfide) groups is 1. The van der Waals surface area contributed by atoms with Crippen molar-refractivity contribution in [1.82, 2.24) is 0 Å². The molecule has 0 amide bonds. The number of nitriles is 1. The zero-order valence-corrected chi connectivity index (χ0v) is 22.0.